The molecule has 0 bridgehead atoms. The number of sulfonamides is 1. The SMILES string of the molecule is Cc1cccc(S(N)(=O)=O)c1F. The van der Waals surface area contributed by atoms with Crippen molar-refractivity contribution in [2.24, 2.45) is 5.14 Å². The van der Waals surface area contributed by atoms with Crippen LogP contribution in [0.4, 0.5) is 4.39 Å². The molecule has 12 heavy (non-hydrogen) atoms. The van der Waals surface area contributed by atoms with Gasteiger partial charge in [0.2, 0.25) is 10.0 Å². The van der Waals surface area contributed by atoms with Crippen LogP contribution in [0, 0.1) is 12.7 Å². The van der Waals surface area contributed by atoms with Crippen molar-refractivity contribution in [2.45, 2.75) is 11.8 Å². The molecule has 0 unspecified atom stereocenters. The van der Waals surface area contributed by atoms with E-state index in [4.69, 9.17) is 5.14 Å². The Hall–Kier alpha value is -0.940. The van der Waals surface area contributed by atoms with Gasteiger partial charge < -0.3 is 0 Å². The van der Waals surface area contributed by atoms with Crippen molar-refractivity contribution in [3.63, 3.8) is 0 Å². The van der Waals surface area contributed by atoms with Crippen LogP contribution in [0.3, 0.4) is 0 Å². The van der Waals surface area contributed by atoms with Gasteiger partial charge in [-0.2, -0.15) is 0 Å². The van der Waals surface area contributed by atoms with Crippen molar-refractivity contribution < 1.29 is 12.8 Å². The highest BCUT2D eigenvalue weighted by atomic mass is 32.2. The molecule has 1 rings (SSSR count). The lowest BCUT2D eigenvalue weighted by molar-refractivity contribution is 0.563. The number of primary sulfonamides is 1. The van der Waals surface area contributed by atoms with Gasteiger partial charge in [0.05, 0.1) is 0 Å². The Morgan fingerprint density at radius 2 is 2.00 bits per heavy atom. The van der Waals surface area contributed by atoms with Gasteiger partial charge in [-0.25, -0.2) is 17.9 Å². The standard InChI is InChI=1S/C7H8FNO2S/c1-5-3-2-4-6(7(5)8)12(9,10)11/h2-4H,1H3,(H2,9,10,11). The van der Waals surface area contributed by atoms with Crippen LogP contribution < -0.4 is 5.14 Å². The number of rotatable bonds is 1. The molecule has 0 fully saturated rings. The maximum atomic E-state index is 13.0. The summed E-state index contributed by atoms with van der Waals surface area (Å²) in [7, 11) is -3.93. The van der Waals surface area contributed by atoms with Gasteiger partial charge in [-0.05, 0) is 18.6 Å². The number of halogens is 1. The van der Waals surface area contributed by atoms with Crippen LogP contribution in [-0.4, -0.2) is 8.42 Å². The zero-order valence-electron chi connectivity index (χ0n) is 6.41. The summed E-state index contributed by atoms with van der Waals surface area (Å²) in [6.07, 6.45) is 0. The van der Waals surface area contributed by atoms with E-state index in [1.165, 1.54) is 19.1 Å². The fraction of sp³-hybridized carbons (Fsp3) is 0.143. The highest BCUT2D eigenvalue weighted by molar-refractivity contribution is 7.89. The molecular weight excluding hydrogens is 181 g/mol. The van der Waals surface area contributed by atoms with Gasteiger partial charge in [0.15, 0.2) is 0 Å². The quantitative estimate of drug-likeness (QED) is 0.709. The Balaban J connectivity index is 3.47. The molecule has 0 spiro atoms. The van der Waals surface area contributed by atoms with Crippen LogP contribution in [-0.2, 0) is 10.0 Å². The maximum Gasteiger partial charge on any atom is 0.240 e. The molecule has 1 aromatic carbocycles. The minimum atomic E-state index is -3.93. The summed E-state index contributed by atoms with van der Waals surface area (Å²) >= 11 is 0. The number of aryl methyl sites for hydroxylation is 1. The Morgan fingerprint density at radius 3 is 2.42 bits per heavy atom. The van der Waals surface area contributed by atoms with E-state index < -0.39 is 20.7 Å². The highest BCUT2D eigenvalue weighted by Gasteiger charge is 2.14. The third-order valence-corrected chi connectivity index (χ3v) is 2.39. The lowest BCUT2D eigenvalue weighted by Gasteiger charge is -2.01. The fourth-order valence-electron chi connectivity index (χ4n) is 0.840. The number of hydrogen-bond donors (Lipinski definition) is 1. The van der Waals surface area contributed by atoms with E-state index in [9.17, 15) is 12.8 Å². The summed E-state index contributed by atoms with van der Waals surface area (Å²) in [5, 5.41) is 4.76. The number of benzene rings is 1. The van der Waals surface area contributed by atoms with Crippen LogP contribution in [0.1, 0.15) is 5.56 Å². The molecular formula is C7H8FNO2S. The average molecular weight is 189 g/mol. The van der Waals surface area contributed by atoms with Gasteiger partial charge in [0.1, 0.15) is 10.7 Å². The third-order valence-electron chi connectivity index (χ3n) is 1.46. The van der Waals surface area contributed by atoms with Crippen molar-refractivity contribution >= 4 is 10.0 Å². The predicted molar refractivity (Wildman–Crippen MR) is 42.5 cm³/mol. The fourth-order valence-corrected chi connectivity index (χ4v) is 1.52. The first-order chi connectivity index (χ1) is 5.43. The average Bonchev–Trinajstić information content (AvgIpc) is 1.92. The molecule has 0 heterocycles. The van der Waals surface area contributed by atoms with E-state index in [-0.39, 0.29) is 5.56 Å². The predicted octanol–water partition coefficient (Wildman–Crippen LogP) is 0.782. The zero-order chi connectivity index (χ0) is 9.35. The van der Waals surface area contributed by atoms with E-state index in [1.807, 2.05) is 0 Å². The second-order valence-electron chi connectivity index (χ2n) is 2.43. The van der Waals surface area contributed by atoms with E-state index in [2.05, 4.69) is 0 Å². The highest BCUT2D eigenvalue weighted by Crippen LogP contribution is 2.15. The Morgan fingerprint density at radius 1 is 1.42 bits per heavy atom. The first-order valence-corrected chi connectivity index (χ1v) is 4.75. The molecule has 0 aromatic heterocycles. The summed E-state index contributed by atoms with van der Waals surface area (Å²) in [6.45, 7) is 1.48. The maximum absolute atomic E-state index is 13.0. The molecule has 0 amide bonds. The monoisotopic (exact) mass is 189 g/mol. The third kappa shape index (κ3) is 1.62. The molecule has 0 saturated heterocycles. The van der Waals surface area contributed by atoms with Crippen molar-refractivity contribution in [1.82, 2.24) is 0 Å². The molecule has 66 valence electrons. The first-order valence-electron chi connectivity index (χ1n) is 3.21. The lowest BCUT2D eigenvalue weighted by Crippen LogP contribution is -2.14. The van der Waals surface area contributed by atoms with Gasteiger partial charge >= 0.3 is 0 Å². The summed E-state index contributed by atoms with van der Waals surface area (Å²) < 4.78 is 34.5. The normalized spacial score (nSPS) is 11.6. The van der Waals surface area contributed by atoms with E-state index in [0.29, 0.717) is 0 Å². The van der Waals surface area contributed by atoms with Crippen molar-refractivity contribution in [3.8, 4) is 0 Å². The topological polar surface area (TPSA) is 60.2 Å². The molecule has 1 aromatic rings. The van der Waals surface area contributed by atoms with Crippen LogP contribution in [0.25, 0.3) is 0 Å². The second-order valence-corrected chi connectivity index (χ2v) is 3.96. The molecule has 0 saturated carbocycles. The van der Waals surface area contributed by atoms with Gasteiger partial charge in [-0.3, -0.25) is 0 Å². The Labute approximate surface area is 70.1 Å². The first kappa shape index (κ1) is 9.15. The van der Waals surface area contributed by atoms with Gasteiger partial charge in [-0.1, -0.05) is 12.1 Å². The summed E-state index contributed by atoms with van der Waals surface area (Å²) in [5.41, 5.74) is 0.265. The smallest absolute Gasteiger partial charge is 0.225 e. The van der Waals surface area contributed by atoms with E-state index in [0.717, 1.165) is 6.07 Å². The van der Waals surface area contributed by atoms with Gasteiger partial charge in [-0.15, -0.1) is 0 Å². The van der Waals surface area contributed by atoms with E-state index >= 15 is 0 Å². The van der Waals surface area contributed by atoms with Crippen LogP contribution >= 0.6 is 0 Å². The molecule has 5 heteroatoms. The number of nitrogens with two attached hydrogens (primary N) is 1. The van der Waals surface area contributed by atoms with Crippen molar-refractivity contribution in [1.29, 1.82) is 0 Å². The van der Waals surface area contributed by atoms with E-state index in [1.54, 1.807) is 0 Å². The molecule has 0 radical (unpaired) electrons. The van der Waals surface area contributed by atoms with Crippen LogP contribution in [0.2, 0.25) is 0 Å². The largest absolute Gasteiger partial charge is 0.240 e. The summed E-state index contributed by atoms with van der Waals surface area (Å²) in [6, 6.07) is 4.06. The second kappa shape index (κ2) is 2.84. The summed E-state index contributed by atoms with van der Waals surface area (Å²) in [4.78, 5) is -0.456. The molecule has 0 aliphatic rings. The van der Waals surface area contributed by atoms with Crippen LogP contribution in [0.15, 0.2) is 23.1 Å². The van der Waals surface area contributed by atoms with Crippen LogP contribution in [0.5, 0.6) is 0 Å². The summed E-state index contributed by atoms with van der Waals surface area (Å²) in [5.74, 6) is -0.778. The molecule has 0 aliphatic carbocycles. The molecule has 3 nitrogen and oxygen atoms in total. The van der Waals surface area contributed by atoms with Gasteiger partial charge in [0.25, 0.3) is 0 Å². The minimum Gasteiger partial charge on any atom is -0.225 e. The minimum absolute atomic E-state index is 0.265. The molecule has 0 atom stereocenters. The lowest BCUT2D eigenvalue weighted by atomic mass is 10.2. The van der Waals surface area contributed by atoms with Crippen molar-refractivity contribution in [2.75, 3.05) is 0 Å². The Bertz CT molecular complexity index is 400. The van der Waals surface area contributed by atoms with Crippen molar-refractivity contribution in [3.05, 3.63) is 29.6 Å². The zero-order valence-corrected chi connectivity index (χ0v) is 7.23. The Kier molecular flexibility index (Phi) is 2.16. The molecule has 2 N–H and O–H groups in total. The van der Waals surface area contributed by atoms with Gasteiger partial charge in [0, 0.05) is 0 Å². The molecule has 0 aliphatic heterocycles. The number of hydrogen-bond acceptors (Lipinski definition) is 2.